The van der Waals surface area contributed by atoms with Crippen LogP contribution in [0.1, 0.15) is 59.7 Å². The molecular weight excluding hydrogens is 422 g/mol. The second-order valence-corrected chi connectivity index (χ2v) is 9.58. The van der Waals surface area contributed by atoms with E-state index in [0.29, 0.717) is 30.1 Å². The monoisotopic (exact) mass is 451 g/mol. The Morgan fingerprint density at radius 2 is 2.03 bits per heavy atom. The van der Waals surface area contributed by atoms with Gasteiger partial charge in [-0.05, 0) is 80.2 Å². The number of anilines is 1. The van der Waals surface area contributed by atoms with Crippen LogP contribution in [0, 0.1) is 17.8 Å². The molecule has 5 heteroatoms. The van der Waals surface area contributed by atoms with E-state index < -0.39 is 5.60 Å². The maximum Gasteiger partial charge on any atom is 0.256 e. The molecule has 0 saturated heterocycles. The minimum Gasteiger partial charge on any atom is -0.378 e. The maximum absolute atomic E-state index is 12.9. The maximum atomic E-state index is 12.9. The molecule has 0 aliphatic heterocycles. The molecule has 1 heterocycles. The molecule has 5 rings (SSSR count). The molecule has 2 aromatic carbocycles. The van der Waals surface area contributed by atoms with E-state index in [-0.39, 0.29) is 11.3 Å². The lowest BCUT2D eigenvalue weighted by molar-refractivity contribution is -0.00801. The van der Waals surface area contributed by atoms with Crippen LogP contribution in [0.25, 0.3) is 0 Å². The molecule has 5 nitrogen and oxygen atoms in total. The molecule has 34 heavy (non-hydrogen) atoms. The van der Waals surface area contributed by atoms with Gasteiger partial charge in [0.2, 0.25) is 0 Å². The molecule has 0 spiro atoms. The van der Waals surface area contributed by atoms with Crippen LogP contribution in [0.3, 0.4) is 0 Å². The summed E-state index contributed by atoms with van der Waals surface area (Å²) in [6.07, 6.45) is 9.68. The first-order chi connectivity index (χ1) is 16.5. The first-order valence-corrected chi connectivity index (χ1v) is 11.9. The Labute approximate surface area is 200 Å². The van der Waals surface area contributed by atoms with Gasteiger partial charge < -0.3 is 10.4 Å². The summed E-state index contributed by atoms with van der Waals surface area (Å²) in [7, 11) is 0. The minimum atomic E-state index is -0.909. The van der Waals surface area contributed by atoms with Gasteiger partial charge in [0.15, 0.2) is 5.82 Å². The molecule has 0 radical (unpaired) electrons. The fourth-order valence-corrected chi connectivity index (χ4v) is 6.02. The summed E-state index contributed by atoms with van der Waals surface area (Å²) in [4.78, 5) is 21.0. The first-order valence-electron chi connectivity index (χ1n) is 11.9. The lowest BCUT2D eigenvalue weighted by Gasteiger charge is -2.52. The average molecular weight is 452 g/mol. The fraction of sp³-hybridized carbons (Fsp3) is 0.345. The Morgan fingerprint density at radius 3 is 2.79 bits per heavy atom. The van der Waals surface area contributed by atoms with E-state index in [2.05, 4.69) is 57.5 Å². The van der Waals surface area contributed by atoms with E-state index in [9.17, 15) is 9.90 Å². The van der Waals surface area contributed by atoms with Crippen molar-refractivity contribution in [1.29, 1.82) is 0 Å². The number of fused-ring (bicyclic) bond motifs is 3. The topological polar surface area (TPSA) is 75.1 Å². The summed E-state index contributed by atoms with van der Waals surface area (Å²) >= 11 is 0. The van der Waals surface area contributed by atoms with Crippen LogP contribution >= 0.6 is 0 Å². The number of benzene rings is 2. The van der Waals surface area contributed by atoms with E-state index in [0.717, 1.165) is 25.7 Å². The summed E-state index contributed by atoms with van der Waals surface area (Å²) in [6.45, 7) is 1.80. The van der Waals surface area contributed by atoms with Crippen LogP contribution < -0.4 is 5.32 Å². The van der Waals surface area contributed by atoms with Crippen LogP contribution in [0.2, 0.25) is 0 Å². The first kappa shape index (κ1) is 22.3. The van der Waals surface area contributed by atoms with Crippen molar-refractivity contribution in [3.8, 4) is 11.8 Å². The normalized spacial score (nSPS) is 25.3. The van der Waals surface area contributed by atoms with Gasteiger partial charge in [-0.2, -0.15) is 0 Å². The molecule has 2 aliphatic rings. The van der Waals surface area contributed by atoms with Crippen LogP contribution in [-0.2, 0) is 18.3 Å². The molecule has 3 atom stereocenters. The van der Waals surface area contributed by atoms with Gasteiger partial charge in [0.05, 0.1) is 6.20 Å². The molecule has 172 valence electrons. The Morgan fingerprint density at radius 1 is 1.18 bits per heavy atom. The van der Waals surface area contributed by atoms with Gasteiger partial charge in [0.25, 0.3) is 5.91 Å². The number of amides is 1. The van der Waals surface area contributed by atoms with Crippen LogP contribution in [0.4, 0.5) is 5.82 Å². The molecule has 1 fully saturated rings. The second kappa shape index (κ2) is 9.04. The third-order valence-corrected chi connectivity index (χ3v) is 7.54. The highest BCUT2D eigenvalue weighted by Gasteiger charge is 2.51. The number of hydrogen-bond donors (Lipinski definition) is 2. The van der Waals surface area contributed by atoms with Gasteiger partial charge in [-0.25, -0.2) is 4.98 Å². The van der Waals surface area contributed by atoms with E-state index in [1.54, 1.807) is 19.3 Å². The number of carbonyl (C=O) groups excluding carboxylic acids is 1. The lowest BCUT2D eigenvalue weighted by atomic mass is 9.52. The van der Waals surface area contributed by atoms with Crippen molar-refractivity contribution < 1.29 is 9.90 Å². The largest absolute Gasteiger partial charge is 0.378 e. The highest BCUT2D eigenvalue weighted by molar-refractivity contribution is 6.03. The van der Waals surface area contributed by atoms with Gasteiger partial charge >= 0.3 is 0 Å². The van der Waals surface area contributed by atoms with Gasteiger partial charge in [0, 0.05) is 23.4 Å². The molecule has 1 aromatic heterocycles. The van der Waals surface area contributed by atoms with Gasteiger partial charge in [-0.1, -0.05) is 42.3 Å². The Hall–Kier alpha value is -3.49. The standard InChI is InChI=1S/C29H29N3O2/c1-2-12-28(34)13-14-29(18-21-6-4-3-5-7-21)24(19-28)10-8-22-17-23(9-11-25(22)29)27(33)32-26-20-30-15-16-31-26/h3-7,9,11,15-17,20,24,34H,8,10,13-14,18-19H2,1H3,(H,31,32,33)/t24-,28-,29+/m1/s1. The molecule has 3 aromatic rings. The van der Waals surface area contributed by atoms with Crippen molar-refractivity contribution in [2.75, 3.05) is 5.32 Å². The molecule has 2 N–H and O–H groups in total. The zero-order valence-electron chi connectivity index (χ0n) is 19.4. The lowest BCUT2D eigenvalue weighted by Crippen LogP contribution is -2.50. The number of rotatable bonds is 4. The SMILES string of the molecule is CC#C[C@@]1(O)CC[C@@]2(Cc3ccccc3)c3ccc(C(=O)Nc4cnccn4)cc3CC[C@@H]2C1. The van der Waals surface area contributed by atoms with Crippen molar-refractivity contribution in [2.45, 2.75) is 56.5 Å². The van der Waals surface area contributed by atoms with Crippen molar-refractivity contribution in [3.63, 3.8) is 0 Å². The second-order valence-electron chi connectivity index (χ2n) is 9.58. The molecule has 1 saturated carbocycles. The van der Waals surface area contributed by atoms with E-state index in [4.69, 9.17) is 0 Å². The zero-order chi connectivity index (χ0) is 23.6. The molecular formula is C29H29N3O2. The number of aromatic nitrogens is 2. The summed E-state index contributed by atoms with van der Waals surface area (Å²) in [5, 5.41) is 14.0. The van der Waals surface area contributed by atoms with Crippen molar-refractivity contribution in [2.24, 2.45) is 5.92 Å². The van der Waals surface area contributed by atoms with Gasteiger partial charge in [-0.3, -0.25) is 9.78 Å². The third-order valence-electron chi connectivity index (χ3n) is 7.54. The molecule has 0 bridgehead atoms. The molecule has 2 aliphatic carbocycles. The Bertz CT molecular complexity index is 1250. The van der Waals surface area contributed by atoms with Gasteiger partial charge in [-0.15, -0.1) is 5.92 Å². The summed E-state index contributed by atoms with van der Waals surface area (Å²) in [5.41, 5.74) is 3.49. The number of carbonyl (C=O) groups is 1. The van der Waals surface area contributed by atoms with E-state index in [1.165, 1.54) is 22.9 Å². The number of hydrogen-bond acceptors (Lipinski definition) is 4. The predicted molar refractivity (Wildman–Crippen MR) is 132 cm³/mol. The van der Waals surface area contributed by atoms with Crippen LogP contribution in [0.5, 0.6) is 0 Å². The fourth-order valence-electron chi connectivity index (χ4n) is 6.02. The predicted octanol–water partition coefficient (Wildman–Crippen LogP) is 4.71. The smallest absolute Gasteiger partial charge is 0.256 e. The van der Waals surface area contributed by atoms with E-state index in [1.807, 2.05) is 18.2 Å². The summed E-state index contributed by atoms with van der Waals surface area (Å²) in [6, 6.07) is 16.7. The highest BCUT2D eigenvalue weighted by Crippen LogP contribution is 2.54. The number of nitrogens with one attached hydrogen (secondary N) is 1. The van der Waals surface area contributed by atoms with Crippen molar-refractivity contribution in [1.82, 2.24) is 9.97 Å². The Kier molecular flexibility index (Phi) is 5.93. The number of aliphatic hydroxyl groups is 1. The third kappa shape index (κ3) is 4.22. The van der Waals surface area contributed by atoms with Crippen LogP contribution in [0.15, 0.2) is 67.1 Å². The summed E-state index contributed by atoms with van der Waals surface area (Å²) in [5.74, 6) is 6.62. The number of aryl methyl sites for hydroxylation is 1. The summed E-state index contributed by atoms with van der Waals surface area (Å²) < 4.78 is 0. The average Bonchev–Trinajstić information content (AvgIpc) is 2.85. The zero-order valence-corrected chi connectivity index (χ0v) is 19.4. The highest BCUT2D eigenvalue weighted by atomic mass is 16.3. The minimum absolute atomic E-state index is 0.0729. The van der Waals surface area contributed by atoms with Crippen LogP contribution in [-0.4, -0.2) is 26.6 Å². The van der Waals surface area contributed by atoms with E-state index >= 15 is 0 Å². The van der Waals surface area contributed by atoms with Gasteiger partial charge in [0.1, 0.15) is 5.60 Å². The quantitative estimate of drug-likeness (QED) is 0.564. The molecule has 1 amide bonds. The Balaban J connectivity index is 1.50. The molecule has 0 unspecified atom stereocenters. The number of nitrogens with zero attached hydrogens (tertiary/aromatic N) is 2. The van der Waals surface area contributed by atoms with Crippen molar-refractivity contribution in [3.05, 3.63) is 89.4 Å². The van der Waals surface area contributed by atoms with Crippen molar-refractivity contribution >= 4 is 11.7 Å².